The maximum absolute atomic E-state index is 11.5. The average Bonchev–Trinajstić information content (AvgIpc) is 2.32. The molecule has 0 saturated heterocycles. The smallest absolute Gasteiger partial charge is 0.358 e. The molecule has 5 heteroatoms. The number of carbonyl (C=O) groups excluding carboxylic acids is 1. The van der Waals surface area contributed by atoms with E-state index in [1.54, 1.807) is 13.0 Å². The van der Waals surface area contributed by atoms with Crippen LogP contribution in [0.3, 0.4) is 0 Å². The van der Waals surface area contributed by atoms with Crippen LogP contribution in [-0.2, 0) is 9.47 Å². The summed E-state index contributed by atoms with van der Waals surface area (Å²) in [7, 11) is 1.31. The second-order valence-electron chi connectivity index (χ2n) is 3.38. The monoisotopic (exact) mass is 236 g/mol. The number of carbonyl (C=O) groups is 1. The molecular weight excluding hydrogens is 220 g/mol. The van der Waals surface area contributed by atoms with Crippen LogP contribution in [0.4, 0.5) is 0 Å². The van der Waals surface area contributed by atoms with Crippen LogP contribution in [0.25, 0.3) is 6.08 Å². The molecule has 0 N–H and O–H groups in total. The molecule has 1 aromatic heterocycles. The van der Waals surface area contributed by atoms with Crippen molar-refractivity contribution in [3.05, 3.63) is 29.0 Å². The summed E-state index contributed by atoms with van der Waals surface area (Å²) in [6, 6.07) is 0. The van der Waals surface area contributed by atoms with Gasteiger partial charge in [0.15, 0.2) is 5.69 Å². The average molecular weight is 236 g/mol. The molecule has 0 radical (unpaired) electrons. The SMILES string of the molecule is CCOC=Cc1nc(C)c(C)nc1C(=O)OC. The standard InChI is InChI=1S/C12H16N2O3/c1-5-17-7-6-10-11(12(15)16-4)14-9(3)8(2)13-10/h6-7H,5H2,1-4H3. The van der Waals surface area contributed by atoms with E-state index in [1.807, 2.05) is 13.8 Å². The van der Waals surface area contributed by atoms with Gasteiger partial charge in [-0.1, -0.05) is 0 Å². The number of nitrogens with zero attached hydrogens (tertiary/aromatic N) is 2. The first-order chi connectivity index (χ1) is 8.10. The number of esters is 1. The third-order valence-electron chi connectivity index (χ3n) is 2.20. The molecule has 1 rings (SSSR count). The molecule has 5 nitrogen and oxygen atoms in total. The van der Waals surface area contributed by atoms with Crippen molar-refractivity contribution >= 4 is 12.0 Å². The van der Waals surface area contributed by atoms with E-state index in [1.165, 1.54) is 13.4 Å². The molecule has 0 spiro atoms. The largest absolute Gasteiger partial charge is 0.501 e. The lowest BCUT2D eigenvalue weighted by Crippen LogP contribution is -2.11. The van der Waals surface area contributed by atoms with Gasteiger partial charge in [-0.05, 0) is 20.8 Å². The fourth-order valence-corrected chi connectivity index (χ4v) is 1.19. The molecule has 0 amide bonds. The Morgan fingerprint density at radius 1 is 1.29 bits per heavy atom. The van der Waals surface area contributed by atoms with Gasteiger partial charge in [0.25, 0.3) is 0 Å². The van der Waals surface area contributed by atoms with E-state index >= 15 is 0 Å². The zero-order valence-electron chi connectivity index (χ0n) is 10.5. The summed E-state index contributed by atoms with van der Waals surface area (Å²) in [5.41, 5.74) is 2.13. The van der Waals surface area contributed by atoms with Crippen LogP contribution >= 0.6 is 0 Å². The molecule has 0 fully saturated rings. The van der Waals surface area contributed by atoms with Crippen LogP contribution in [0.5, 0.6) is 0 Å². The molecule has 92 valence electrons. The predicted octanol–water partition coefficient (Wildman–Crippen LogP) is 1.89. The van der Waals surface area contributed by atoms with Crippen molar-refractivity contribution < 1.29 is 14.3 Å². The van der Waals surface area contributed by atoms with Crippen LogP contribution in [0, 0.1) is 13.8 Å². The summed E-state index contributed by atoms with van der Waals surface area (Å²) in [6.07, 6.45) is 3.10. The predicted molar refractivity (Wildman–Crippen MR) is 63.5 cm³/mol. The summed E-state index contributed by atoms with van der Waals surface area (Å²) in [4.78, 5) is 20.0. The minimum absolute atomic E-state index is 0.201. The first-order valence-electron chi connectivity index (χ1n) is 5.31. The minimum Gasteiger partial charge on any atom is -0.501 e. The molecule has 0 aromatic carbocycles. The van der Waals surface area contributed by atoms with Gasteiger partial charge in [-0.25, -0.2) is 14.8 Å². The molecule has 0 aliphatic rings. The third-order valence-corrected chi connectivity index (χ3v) is 2.20. The Kier molecular flexibility index (Phi) is 4.63. The highest BCUT2D eigenvalue weighted by Gasteiger charge is 2.15. The zero-order valence-corrected chi connectivity index (χ0v) is 10.5. The van der Waals surface area contributed by atoms with Gasteiger partial charge in [0.1, 0.15) is 0 Å². The number of aromatic nitrogens is 2. The van der Waals surface area contributed by atoms with Crippen molar-refractivity contribution in [1.82, 2.24) is 9.97 Å². The topological polar surface area (TPSA) is 61.3 Å². The normalized spacial score (nSPS) is 10.6. The number of rotatable bonds is 4. The second kappa shape index (κ2) is 5.98. The van der Waals surface area contributed by atoms with E-state index in [0.717, 1.165) is 5.69 Å². The maximum atomic E-state index is 11.5. The summed E-state index contributed by atoms with van der Waals surface area (Å²) in [5.74, 6) is -0.503. The van der Waals surface area contributed by atoms with E-state index in [9.17, 15) is 4.79 Å². The van der Waals surface area contributed by atoms with E-state index in [2.05, 4.69) is 14.7 Å². The van der Waals surface area contributed by atoms with E-state index in [4.69, 9.17) is 4.74 Å². The van der Waals surface area contributed by atoms with E-state index < -0.39 is 5.97 Å². The van der Waals surface area contributed by atoms with Crippen LogP contribution in [0.1, 0.15) is 34.5 Å². The number of hydrogen-bond acceptors (Lipinski definition) is 5. The summed E-state index contributed by atoms with van der Waals surface area (Å²) < 4.78 is 9.74. The van der Waals surface area contributed by atoms with Gasteiger partial charge >= 0.3 is 5.97 Å². The van der Waals surface area contributed by atoms with Gasteiger partial charge in [-0.2, -0.15) is 0 Å². The van der Waals surface area contributed by atoms with Crippen LogP contribution < -0.4 is 0 Å². The lowest BCUT2D eigenvalue weighted by atomic mass is 10.2. The fourth-order valence-electron chi connectivity index (χ4n) is 1.19. The third kappa shape index (κ3) is 3.27. The number of aryl methyl sites for hydroxylation is 2. The Morgan fingerprint density at radius 2 is 1.94 bits per heavy atom. The quantitative estimate of drug-likeness (QED) is 0.590. The molecule has 17 heavy (non-hydrogen) atoms. The fraction of sp³-hybridized carbons (Fsp3) is 0.417. The Bertz CT molecular complexity index is 442. The maximum Gasteiger partial charge on any atom is 0.358 e. The van der Waals surface area contributed by atoms with E-state index in [-0.39, 0.29) is 5.69 Å². The molecule has 1 heterocycles. The first-order valence-corrected chi connectivity index (χ1v) is 5.31. The number of hydrogen-bond donors (Lipinski definition) is 0. The Hall–Kier alpha value is -1.91. The molecule has 0 atom stereocenters. The molecule has 0 saturated carbocycles. The molecule has 0 aliphatic carbocycles. The molecule has 0 unspecified atom stereocenters. The van der Waals surface area contributed by atoms with Crippen molar-refractivity contribution in [1.29, 1.82) is 0 Å². The Labute approximate surface area is 100 Å². The zero-order chi connectivity index (χ0) is 12.8. The lowest BCUT2D eigenvalue weighted by molar-refractivity contribution is 0.0593. The van der Waals surface area contributed by atoms with Gasteiger partial charge in [-0.3, -0.25) is 0 Å². The van der Waals surface area contributed by atoms with Gasteiger partial charge in [0.05, 0.1) is 37.1 Å². The van der Waals surface area contributed by atoms with Gasteiger partial charge in [-0.15, -0.1) is 0 Å². The summed E-state index contributed by atoms with van der Waals surface area (Å²) in [6.45, 7) is 6.06. The molecule has 0 bridgehead atoms. The Morgan fingerprint density at radius 3 is 2.53 bits per heavy atom. The van der Waals surface area contributed by atoms with Gasteiger partial charge in [0.2, 0.25) is 0 Å². The molecule has 1 aromatic rings. The van der Waals surface area contributed by atoms with Crippen LogP contribution in [0.15, 0.2) is 6.26 Å². The highest BCUT2D eigenvalue weighted by molar-refractivity contribution is 5.90. The van der Waals surface area contributed by atoms with Crippen molar-refractivity contribution in [2.75, 3.05) is 13.7 Å². The first kappa shape index (κ1) is 13.2. The van der Waals surface area contributed by atoms with Gasteiger partial charge in [0, 0.05) is 6.08 Å². The summed E-state index contributed by atoms with van der Waals surface area (Å²) in [5, 5.41) is 0. The lowest BCUT2D eigenvalue weighted by Gasteiger charge is -2.06. The highest BCUT2D eigenvalue weighted by atomic mass is 16.5. The Balaban J connectivity index is 3.16. The molecule has 0 aliphatic heterocycles. The second-order valence-corrected chi connectivity index (χ2v) is 3.38. The summed E-state index contributed by atoms with van der Waals surface area (Å²) >= 11 is 0. The molecular formula is C12H16N2O3. The van der Waals surface area contributed by atoms with E-state index in [0.29, 0.717) is 18.0 Å². The highest BCUT2D eigenvalue weighted by Crippen LogP contribution is 2.11. The minimum atomic E-state index is -0.503. The van der Waals surface area contributed by atoms with Crippen LogP contribution in [0.2, 0.25) is 0 Å². The van der Waals surface area contributed by atoms with Crippen molar-refractivity contribution in [3.8, 4) is 0 Å². The number of methoxy groups -OCH3 is 1. The van der Waals surface area contributed by atoms with Crippen molar-refractivity contribution in [2.24, 2.45) is 0 Å². The van der Waals surface area contributed by atoms with Crippen molar-refractivity contribution in [2.45, 2.75) is 20.8 Å². The number of ether oxygens (including phenoxy) is 2. The van der Waals surface area contributed by atoms with Gasteiger partial charge < -0.3 is 9.47 Å². The van der Waals surface area contributed by atoms with Crippen molar-refractivity contribution in [3.63, 3.8) is 0 Å². The van der Waals surface area contributed by atoms with Crippen LogP contribution in [-0.4, -0.2) is 29.7 Å².